The lowest BCUT2D eigenvalue weighted by Gasteiger charge is -2.12. The van der Waals surface area contributed by atoms with E-state index in [0.717, 1.165) is 12.1 Å². The van der Waals surface area contributed by atoms with E-state index in [1.54, 1.807) is 6.20 Å². The Balaban J connectivity index is 1.76. The van der Waals surface area contributed by atoms with Gasteiger partial charge in [0.05, 0.1) is 17.9 Å². The van der Waals surface area contributed by atoms with Crippen LogP contribution in [-0.2, 0) is 0 Å². The SMILES string of the molecule is CC(C)n1ncc(NC2CC2c2ccccc2)c(Br)c1=O. The molecule has 0 bridgehead atoms. The zero-order chi connectivity index (χ0) is 15.0. The van der Waals surface area contributed by atoms with Crippen molar-refractivity contribution in [2.45, 2.75) is 38.3 Å². The van der Waals surface area contributed by atoms with Gasteiger partial charge in [-0.25, -0.2) is 4.68 Å². The first kappa shape index (κ1) is 14.3. The number of benzene rings is 1. The third-order valence-electron chi connectivity index (χ3n) is 3.79. The molecule has 1 heterocycles. The first-order chi connectivity index (χ1) is 10.1. The first-order valence-corrected chi connectivity index (χ1v) is 7.96. The molecule has 110 valence electrons. The minimum atomic E-state index is -0.0908. The molecule has 2 aromatic rings. The van der Waals surface area contributed by atoms with Gasteiger partial charge in [-0.2, -0.15) is 5.10 Å². The lowest BCUT2D eigenvalue weighted by molar-refractivity contribution is 0.501. The summed E-state index contributed by atoms with van der Waals surface area (Å²) in [5.74, 6) is 0.519. The van der Waals surface area contributed by atoms with Crippen LogP contribution >= 0.6 is 15.9 Å². The van der Waals surface area contributed by atoms with Crippen molar-refractivity contribution < 1.29 is 0 Å². The van der Waals surface area contributed by atoms with Crippen LogP contribution in [0.4, 0.5) is 5.69 Å². The van der Waals surface area contributed by atoms with E-state index in [4.69, 9.17) is 0 Å². The van der Waals surface area contributed by atoms with Crippen LogP contribution in [0.2, 0.25) is 0 Å². The normalized spacial score (nSPS) is 20.6. The largest absolute Gasteiger partial charge is 0.379 e. The topological polar surface area (TPSA) is 46.9 Å². The Bertz CT molecular complexity index is 696. The third-order valence-corrected chi connectivity index (χ3v) is 4.56. The molecule has 1 fully saturated rings. The lowest BCUT2D eigenvalue weighted by Crippen LogP contribution is -2.26. The number of nitrogens with zero attached hydrogens (tertiary/aromatic N) is 2. The van der Waals surface area contributed by atoms with E-state index in [1.165, 1.54) is 10.2 Å². The standard InChI is InChI=1S/C16H18BrN3O/c1-10(2)20-16(21)15(17)14(9-18-20)19-13-8-12(13)11-6-4-3-5-7-11/h3-7,9-10,12-13,19H,8H2,1-2H3. The molecule has 2 atom stereocenters. The molecular formula is C16H18BrN3O. The molecule has 0 saturated heterocycles. The molecule has 1 saturated carbocycles. The van der Waals surface area contributed by atoms with Gasteiger partial charge >= 0.3 is 0 Å². The number of hydrogen-bond donors (Lipinski definition) is 1. The second kappa shape index (κ2) is 5.64. The number of halogens is 1. The number of aromatic nitrogens is 2. The molecule has 1 N–H and O–H groups in total. The molecule has 2 unspecified atom stereocenters. The van der Waals surface area contributed by atoms with Gasteiger partial charge in [0.15, 0.2) is 0 Å². The third kappa shape index (κ3) is 2.88. The number of nitrogens with one attached hydrogen (secondary N) is 1. The number of anilines is 1. The van der Waals surface area contributed by atoms with Crippen molar-refractivity contribution in [2.75, 3.05) is 5.32 Å². The Labute approximate surface area is 132 Å². The van der Waals surface area contributed by atoms with Gasteiger partial charge in [-0.05, 0) is 41.8 Å². The van der Waals surface area contributed by atoms with E-state index in [1.807, 2.05) is 19.9 Å². The molecule has 4 nitrogen and oxygen atoms in total. The fraction of sp³-hybridized carbons (Fsp3) is 0.375. The molecular weight excluding hydrogens is 330 g/mol. The van der Waals surface area contributed by atoms with Gasteiger partial charge in [0.1, 0.15) is 4.47 Å². The summed E-state index contributed by atoms with van der Waals surface area (Å²) >= 11 is 3.40. The van der Waals surface area contributed by atoms with Gasteiger partial charge in [-0.3, -0.25) is 4.79 Å². The summed E-state index contributed by atoms with van der Waals surface area (Å²) in [6, 6.07) is 10.9. The van der Waals surface area contributed by atoms with Crippen molar-refractivity contribution in [3.8, 4) is 0 Å². The Morgan fingerprint density at radius 2 is 2.05 bits per heavy atom. The summed E-state index contributed by atoms with van der Waals surface area (Å²) in [6.45, 7) is 3.89. The predicted molar refractivity (Wildman–Crippen MR) is 87.8 cm³/mol. The molecule has 0 spiro atoms. The van der Waals surface area contributed by atoms with Crippen molar-refractivity contribution in [1.82, 2.24) is 9.78 Å². The maximum Gasteiger partial charge on any atom is 0.283 e. The maximum absolute atomic E-state index is 12.2. The summed E-state index contributed by atoms with van der Waals surface area (Å²) < 4.78 is 2.04. The quantitative estimate of drug-likeness (QED) is 0.919. The summed E-state index contributed by atoms with van der Waals surface area (Å²) in [5.41, 5.74) is 2.03. The van der Waals surface area contributed by atoms with Gasteiger partial charge in [0.2, 0.25) is 0 Å². The van der Waals surface area contributed by atoms with Gasteiger partial charge in [0, 0.05) is 12.0 Å². The van der Waals surface area contributed by atoms with E-state index in [0.29, 0.717) is 16.4 Å². The monoisotopic (exact) mass is 347 g/mol. The summed E-state index contributed by atoms with van der Waals surface area (Å²) in [5, 5.41) is 7.65. The average molecular weight is 348 g/mol. The van der Waals surface area contributed by atoms with E-state index >= 15 is 0 Å². The molecule has 1 aliphatic rings. The Morgan fingerprint density at radius 3 is 2.71 bits per heavy atom. The van der Waals surface area contributed by atoms with Gasteiger partial charge in [-0.1, -0.05) is 30.3 Å². The van der Waals surface area contributed by atoms with Crippen LogP contribution in [0.15, 0.2) is 45.8 Å². The smallest absolute Gasteiger partial charge is 0.283 e. The summed E-state index contributed by atoms with van der Waals surface area (Å²) in [7, 11) is 0. The summed E-state index contributed by atoms with van der Waals surface area (Å²) in [6.07, 6.45) is 2.82. The van der Waals surface area contributed by atoms with Crippen molar-refractivity contribution in [3.05, 3.63) is 56.9 Å². The highest BCUT2D eigenvalue weighted by Crippen LogP contribution is 2.43. The first-order valence-electron chi connectivity index (χ1n) is 7.16. The van der Waals surface area contributed by atoms with Crippen molar-refractivity contribution in [1.29, 1.82) is 0 Å². The molecule has 1 aromatic heterocycles. The van der Waals surface area contributed by atoms with Crippen molar-refractivity contribution in [2.24, 2.45) is 0 Å². The van der Waals surface area contributed by atoms with Gasteiger partial charge < -0.3 is 5.32 Å². The van der Waals surface area contributed by atoms with E-state index < -0.39 is 0 Å². The summed E-state index contributed by atoms with van der Waals surface area (Å²) in [4.78, 5) is 12.2. The zero-order valence-electron chi connectivity index (χ0n) is 12.1. The molecule has 1 aliphatic carbocycles. The highest BCUT2D eigenvalue weighted by molar-refractivity contribution is 9.10. The van der Waals surface area contributed by atoms with Crippen LogP contribution < -0.4 is 10.9 Å². The number of hydrogen-bond acceptors (Lipinski definition) is 3. The van der Waals surface area contributed by atoms with Crippen molar-refractivity contribution >= 4 is 21.6 Å². The average Bonchev–Trinajstić information content (AvgIpc) is 3.24. The van der Waals surface area contributed by atoms with E-state index in [9.17, 15) is 4.79 Å². The van der Waals surface area contributed by atoms with Crippen LogP contribution in [0.3, 0.4) is 0 Å². The molecule has 1 aromatic carbocycles. The minimum Gasteiger partial charge on any atom is -0.379 e. The fourth-order valence-electron chi connectivity index (χ4n) is 2.54. The maximum atomic E-state index is 12.2. The zero-order valence-corrected chi connectivity index (χ0v) is 13.7. The molecule has 5 heteroatoms. The second-order valence-electron chi connectivity index (χ2n) is 5.72. The Hall–Kier alpha value is -1.62. The Morgan fingerprint density at radius 1 is 1.33 bits per heavy atom. The van der Waals surface area contributed by atoms with E-state index in [2.05, 4.69) is 50.6 Å². The molecule has 21 heavy (non-hydrogen) atoms. The van der Waals surface area contributed by atoms with Crippen LogP contribution in [0.1, 0.15) is 37.8 Å². The van der Waals surface area contributed by atoms with E-state index in [-0.39, 0.29) is 11.6 Å². The highest BCUT2D eigenvalue weighted by Gasteiger charge is 2.38. The second-order valence-corrected chi connectivity index (χ2v) is 6.51. The minimum absolute atomic E-state index is 0.0563. The van der Waals surface area contributed by atoms with Crippen LogP contribution in [-0.4, -0.2) is 15.8 Å². The molecule has 0 radical (unpaired) electrons. The van der Waals surface area contributed by atoms with Gasteiger partial charge in [-0.15, -0.1) is 0 Å². The predicted octanol–water partition coefficient (Wildman–Crippen LogP) is 3.55. The van der Waals surface area contributed by atoms with Gasteiger partial charge in [0.25, 0.3) is 5.56 Å². The van der Waals surface area contributed by atoms with Crippen LogP contribution in [0.25, 0.3) is 0 Å². The van der Waals surface area contributed by atoms with Crippen molar-refractivity contribution in [3.63, 3.8) is 0 Å². The van der Waals surface area contributed by atoms with Crippen LogP contribution in [0.5, 0.6) is 0 Å². The fourth-order valence-corrected chi connectivity index (χ4v) is 2.93. The lowest BCUT2D eigenvalue weighted by atomic mass is 10.1. The highest BCUT2D eigenvalue weighted by atomic mass is 79.9. The number of rotatable bonds is 4. The Kier molecular flexibility index (Phi) is 3.85. The molecule has 3 rings (SSSR count). The molecule has 0 aliphatic heterocycles. The molecule has 0 amide bonds. The van der Waals surface area contributed by atoms with Crippen LogP contribution in [0, 0.1) is 0 Å².